The van der Waals surface area contributed by atoms with Crippen LogP contribution in [-0.2, 0) is 11.3 Å². The van der Waals surface area contributed by atoms with E-state index in [9.17, 15) is 4.79 Å². The highest BCUT2D eigenvalue weighted by molar-refractivity contribution is 6.31. The van der Waals surface area contributed by atoms with Crippen LogP contribution < -0.4 is 5.32 Å². The van der Waals surface area contributed by atoms with Crippen LogP contribution in [0.5, 0.6) is 0 Å². The Morgan fingerprint density at radius 1 is 1.50 bits per heavy atom. The lowest BCUT2D eigenvalue weighted by atomic mass is 10.0. The molecule has 0 spiro atoms. The monoisotopic (exact) mass is 271 g/mol. The van der Waals surface area contributed by atoms with Gasteiger partial charge in [0.25, 0.3) is 0 Å². The summed E-state index contributed by atoms with van der Waals surface area (Å²) in [4.78, 5) is 11.7. The van der Waals surface area contributed by atoms with Gasteiger partial charge in [-0.2, -0.15) is 5.10 Å². The van der Waals surface area contributed by atoms with Crippen molar-refractivity contribution < 1.29 is 4.79 Å². The quantitative estimate of drug-likeness (QED) is 0.775. The number of aromatic nitrogens is 2. The van der Waals surface area contributed by atoms with Crippen molar-refractivity contribution in [2.75, 3.05) is 6.54 Å². The van der Waals surface area contributed by atoms with E-state index in [1.807, 2.05) is 31.6 Å². The number of hydrogen-bond acceptors (Lipinski definition) is 2. The van der Waals surface area contributed by atoms with E-state index >= 15 is 0 Å². The lowest BCUT2D eigenvalue weighted by Crippen LogP contribution is -2.31. The maximum absolute atomic E-state index is 11.7. The Hall–Kier alpha value is -1.03. The average molecular weight is 272 g/mol. The molecule has 0 saturated carbocycles. The number of amides is 1. The second-order valence-electron chi connectivity index (χ2n) is 4.48. The van der Waals surface area contributed by atoms with Gasteiger partial charge >= 0.3 is 0 Å². The zero-order valence-electron chi connectivity index (χ0n) is 11.4. The van der Waals surface area contributed by atoms with Gasteiger partial charge in [0.05, 0.1) is 10.7 Å². The predicted octanol–water partition coefficient (Wildman–Crippen LogP) is 2.79. The third kappa shape index (κ3) is 4.33. The smallest absolute Gasteiger partial charge is 0.223 e. The first-order valence-corrected chi connectivity index (χ1v) is 6.93. The number of nitrogens with zero attached hydrogens (tertiary/aromatic N) is 2. The molecule has 0 unspecified atom stereocenters. The largest absolute Gasteiger partial charge is 0.356 e. The van der Waals surface area contributed by atoms with Crippen molar-refractivity contribution in [2.24, 2.45) is 5.92 Å². The predicted molar refractivity (Wildman–Crippen MR) is 73.7 cm³/mol. The molecule has 102 valence electrons. The molecule has 0 radical (unpaired) electrons. The first-order chi connectivity index (χ1) is 8.58. The van der Waals surface area contributed by atoms with Crippen LogP contribution in [0.25, 0.3) is 0 Å². The maximum Gasteiger partial charge on any atom is 0.223 e. The number of nitrogens with one attached hydrogen (secondary N) is 1. The summed E-state index contributed by atoms with van der Waals surface area (Å²) in [5.41, 5.74) is 0.845. The highest BCUT2D eigenvalue weighted by Crippen LogP contribution is 2.12. The molecule has 5 heteroatoms. The summed E-state index contributed by atoms with van der Waals surface area (Å²) in [5.74, 6) is 0.307. The van der Waals surface area contributed by atoms with E-state index in [1.165, 1.54) is 0 Å². The second-order valence-corrected chi connectivity index (χ2v) is 4.89. The van der Waals surface area contributed by atoms with E-state index in [-0.39, 0.29) is 11.8 Å². The van der Waals surface area contributed by atoms with Crippen molar-refractivity contribution in [1.29, 1.82) is 0 Å². The van der Waals surface area contributed by atoms with Crippen LogP contribution in [0.4, 0.5) is 0 Å². The van der Waals surface area contributed by atoms with Crippen molar-refractivity contribution in [3.8, 4) is 0 Å². The van der Waals surface area contributed by atoms with Gasteiger partial charge in [0.1, 0.15) is 0 Å². The van der Waals surface area contributed by atoms with Gasteiger partial charge < -0.3 is 5.32 Å². The lowest BCUT2D eigenvalue weighted by molar-refractivity contribution is -0.125. The zero-order chi connectivity index (χ0) is 13.5. The molecule has 0 bridgehead atoms. The standard InChI is InChI=1S/C13H22ClN3O/c1-4-11(5-2)13(18)15-7-6-8-17-9-12(14)10(3)16-17/h9,11H,4-8H2,1-3H3,(H,15,18). The van der Waals surface area contributed by atoms with Gasteiger partial charge in [0.2, 0.25) is 5.91 Å². The molecule has 1 heterocycles. The molecule has 1 rings (SSSR count). The Morgan fingerprint density at radius 3 is 2.67 bits per heavy atom. The Morgan fingerprint density at radius 2 is 2.17 bits per heavy atom. The summed E-state index contributed by atoms with van der Waals surface area (Å²) in [7, 11) is 0. The van der Waals surface area contributed by atoms with E-state index in [0.29, 0.717) is 11.6 Å². The lowest BCUT2D eigenvalue weighted by Gasteiger charge is -2.12. The van der Waals surface area contributed by atoms with Crippen molar-refractivity contribution in [1.82, 2.24) is 15.1 Å². The molecule has 0 aliphatic carbocycles. The van der Waals surface area contributed by atoms with Crippen LogP contribution in [0.1, 0.15) is 38.8 Å². The van der Waals surface area contributed by atoms with Gasteiger partial charge in [-0.05, 0) is 26.2 Å². The van der Waals surface area contributed by atoms with Crippen LogP contribution in [0.2, 0.25) is 5.02 Å². The molecular formula is C13H22ClN3O. The molecule has 0 aliphatic rings. The molecule has 0 fully saturated rings. The van der Waals surface area contributed by atoms with Crippen LogP contribution in [0.15, 0.2) is 6.20 Å². The topological polar surface area (TPSA) is 46.9 Å². The SMILES string of the molecule is CCC(CC)C(=O)NCCCn1cc(Cl)c(C)n1. The summed E-state index contributed by atoms with van der Waals surface area (Å²) in [5, 5.41) is 7.92. The van der Waals surface area contributed by atoms with Crippen molar-refractivity contribution in [2.45, 2.75) is 46.6 Å². The summed E-state index contributed by atoms with van der Waals surface area (Å²) in [6.45, 7) is 7.43. The van der Waals surface area contributed by atoms with Gasteiger partial charge in [0, 0.05) is 25.2 Å². The molecule has 1 aromatic rings. The third-order valence-corrected chi connectivity index (χ3v) is 3.48. The van der Waals surface area contributed by atoms with Crippen LogP contribution in [0, 0.1) is 12.8 Å². The Labute approximate surface area is 114 Å². The Balaban J connectivity index is 2.24. The van der Waals surface area contributed by atoms with E-state index in [1.54, 1.807) is 0 Å². The van der Waals surface area contributed by atoms with E-state index < -0.39 is 0 Å². The van der Waals surface area contributed by atoms with Gasteiger partial charge in [-0.25, -0.2) is 0 Å². The van der Waals surface area contributed by atoms with Gasteiger partial charge in [-0.3, -0.25) is 9.48 Å². The Bertz CT molecular complexity index is 366. The van der Waals surface area contributed by atoms with Gasteiger partial charge in [0.15, 0.2) is 0 Å². The minimum Gasteiger partial charge on any atom is -0.356 e. The molecule has 1 N–H and O–H groups in total. The van der Waals surface area contributed by atoms with Crippen molar-refractivity contribution >= 4 is 17.5 Å². The normalized spacial score (nSPS) is 10.9. The van der Waals surface area contributed by atoms with E-state index in [4.69, 9.17) is 11.6 Å². The molecule has 1 aromatic heterocycles. The fourth-order valence-corrected chi connectivity index (χ4v) is 2.01. The fourth-order valence-electron chi connectivity index (χ4n) is 1.86. The minimum atomic E-state index is 0.145. The number of carbonyl (C=O) groups is 1. The van der Waals surface area contributed by atoms with Crippen LogP contribution >= 0.6 is 11.6 Å². The highest BCUT2D eigenvalue weighted by Gasteiger charge is 2.12. The number of halogens is 1. The first kappa shape index (κ1) is 15.0. The maximum atomic E-state index is 11.7. The fraction of sp³-hybridized carbons (Fsp3) is 0.692. The van der Waals surface area contributed by atoms with Crippen LogP contribution in [0.3, 0.4) is 0 Å². The average Bonchev–Trinajstić information content (AvgIpc) is 2.66. The summed E-state index contributed by atoms with van der Waals surface area (Å²) in [6.07, 6.45) is 4.48. The zero-order valence-corrected chi connectivity index (χ0v) is 12.1. The second kappa shape index (κ2) is 7.41. The molecular weight excluding hydrogens is 250 g/mol. The molecule has 1 amide bonds. The van der Waals surface area contributed by atoms with Crippen molar-refractivity contribution in [3.05, 3.63) is 16.9 Å². The number of rotatable bonds is 7. The molecule has 0 atom stereocenters. The van der Waals surface area contributed by atoms with E-state index in [2.05, 4.69) is 10.4 Å². The van der Waals surface area contributed by atoms with Crippen molar-refractivity contribution in [3.63, 3.8) is 0 Å². The summed E-state index contributed by atoms with van der Waals surface area (Å²) in [6, 6.07) is 0. The molecule has 0 saturated heterocycles. The number of hydrogen-bond donors (Lipinski definition) is 1. The minimum absolute atomic E-state index is 0.145. The van der Waals surface area contributed by atoms with E-state index in [0.717, 1.165) is 31.5 Å². The Kier molecular flexibility index (Phi) is 6.19. The van der Waals surface area contributed by atoms with Crippen LogP contribution in [-0.4, -0.2) is 22.2 Å². The third-order valence-electron chi connectivity index (χ3n) is 3.11. The summed E-state index contributed by atoms with van der Waals surface area (Å²) < 4.78 is 1.82. The van der Waals surface area contributed by atoms with Gasteiger partial charge in [-0.1, -0.05) is 25.4 Å². The molecule has 18 heavy (non-hydrogen) atoms. The summed E-state index contributed by atoms with van der Waals surface area (Å²) >= 11 is 5.92. The number of aryl methyl sites for hydroxylation is 2. The molecule has 4 nitrogen and oxygen atoms in total. The number of carbonyl (C=O) groups excluding carboxylic acids is 1. The first-order valence-electron chi connectivity index (χ1n) is 6.55. The molecule has 0 aliphatic heterocycles. The van der Waals surface area contributed by atoms with Gasteiger partial charge in [-0.15, -0.1) is 0 Å². The molecule has 0 aromatic carbocycles. The highest BCUT2D eigenvalue weighted by atomic mass is 35.5.